The molecule has 1 saturated carbocycles. The van der Waals surface area contributed by atoms with E-state index in [1.165, 1.54) is 19.3 Å². The Morgan fingerprint density at radius 2 is 1.83 bits per heavy atom. The fourth-order valence-electron chi connectivity index (χ4n) is 2.27. The summed E-state index contributed by atoms with van der Waals surface area (Å²) in [4.78, 5) is 11.8. The molecule has 0 aromatic rings. The van der Waals surface area contributed by atoms with Gasteiger partial charge in [0.05, 0.1) is 12.2 Å². The van der Waals surface area contributed by atoms with E-state index in [9.17, 15) is 4.79 Å². The van der Waals surface area contributed by atoms with Gasteiger partial charge in [0.15, 0.2) is 0 Å². The monoisotopic (exact) mass is 257 g/mol. The van der Waals surface area contributed by atoms with Crippen molar-refractivity contribution < 1.29 is 14.3 Å². The molecule has 0 aromatic heterocycles. The van der Waals surface area contributed by atoms with Gasteiger partial charge in [0.1, 0.15) is 12.6 Å². The second-order valence-electron chi connectivity index (χ2n) is 6.05. The number of nitrogens with two attached hydrogens (primary N) is 1. The number of ether oxygens (including phenoxy) is 2. The molecule has 4 heteroatoms. The summed E-state index contributed by atoms with van der Waals surface area (Å²) in [6.07, 6.45) is 5.72. The van der Waals surface area contributed by atoms with Crippen LogP contribution in [0.4, 0.5) is 0 Å². The van der Waals surface area contributed by atoms with E-state index in [1.54, 1.807) is 0 Å². The summed E-state index contributed by atoms with van der Waals surface area (Å²) >= 11 is 0. The quantitative estimate of drug-likeness (QED) is 0.606. The summed E-state index contributed by atoms with van der Waals surface area (Å²) in [6, 6.07) is -0.458. The Morgan fingerprint density at radius 1 is 1.22 bits per heavy atom. The maximum atomic E-state index is 11.8. The third kappa shape index (κ3) is 5.83. The molecule has 1 aliphatic carbocycles. The number of hydrogen-bond acceptors (Lipinski definition) is 4. The Hall–Kier alpha value is -0.610. The molecule has 1 atom stereocenters. The molecule has 1 aliphatic rings. The van der Waals surface area contributed by atoms with Crippen molar-refractivity contribution in [2.24, 2.45) is 11.7 Å². The summed E-state index contributed by atoms with van der Waals surface area (Å²) in [7, 11) is 0. The number of hydrogen-bond donors (Lipinski definition) is 1. The highest BCUT2D eigenvalue weighted by molar-refractivity contribution is 5.75. The fraction of sp³-hybridized carbons (Fsp3) is 0.929. The number of rotatable bonds is 5. The van der Waals surface area contributed by atoms with Crippen LogP contribution in [-0.2, 0) is 14.3 Å². The molecule has 1 rings (SSSR count). The molecule has 2 N–H and O–H groups in total. The Bertz CT molecular complexity index is 254. The van der Waals surface area contributed by atoms with Crippen molar-refractivity contribution in [3.63, 3.8) is 0 Å². The lowest BCUT2D eigenvalue weighted by Crippen LogP contribution is -2.40. The first-order valence-electron chi connectivity index (χ1n) is 6.96. The van der Waals surface area contributed by atoms with Crippen LogP contribution in [0.1, 0.15) is 52.9 Å². The normalized spacial score (nSPS) is 19.6. The lowest BCUT2D eigenvalue weighted by atomic mass is 9.84. The van der Waals surface area contributed by atoms with E-state index in [4.69, 9.17) is 15.2 Å². The highest BCUT2D eigenvalue weighted by atomic mass is 16.6. The molecule has 0 radical (unpaired) electrons. The molecule has 18 heavy (non-hydrogen) atoms. The minimum absolute atomic E-state index is 0.197. The first kappa shape index (κ1) is 15.4. The van der Waals surface area contributed by atoms with E-state index in [2.05, 4.69) is 0 Å². The molecule has 0 aromatic carbocycles. The molecular formula is C14H27NO3. The van der Waals surface area contributed by atoms with Gasteiger partial charge >= 0.3 is 5.97 Å². The van der Waals surface area contributed by atoms with E-state index < -0.39 is 6.04 Å². The van der Waals surface area contributed by atoms with Crippen LogP contribution in [0.2, 0.25) is 0 Å². The average Bonchev–Trinajstić information content (AvgIpc) is 2.33. The maximum absolute atomic E-state index is 11.8. The van der Waals surface area contributed by atoms with Crippen LogP contribution in [0.15, 0.2) is 0 Å². The molecule has 0 spiro atoms. The van der Waals surface area contributed by atoms with Crippen LogP contribution in [0, 0.1) is 5.92 Å². The largest absolute Gasteiger partial charge is 0.462 e. The highest BCUT2D eigenvalue weighted by Crippen LogP contribution is 2.26. The Kier molecular flexibility index (Phi) is 6.09. The van der Waals surface area contributed by atoms with E-state index in [-0.39, 0.29) is 18.2 Å². The Labute approximate surface area is 110 Å². The molecule has 0 aliphatic heterocycles. The summed E-state index contributed by atoms with van der Waals surface area (Å²) in [5, 5.41) is 0. The molecule has 0 bridgehead atoms. The molecule has 106 valence electrons. The zero-order valence-corrected chi connectivity index (χ0v) is 11.9. The van der Waals surface area contributed by atoms with E-state index >= 15 is 0 Å². The van der Waals surface area contributed by atoms with Crippen LogP contribution < -0.4 is 5.73 Å². The topological polar surface area (TPSA) is 61.5 Å². The van der Waals surface area contributed by atoms with Gasteiger partial charge in [0.2, 0.25) is 0 Å². The molecule has 4 nitrogen and oxygen atoms in total. The van der Waals surface area contributed by atoms with E-state index in [1.807, 2.05) is 20.8 Å². The molecule has 1 fully saturated rings. The van der Waals surface area contributed by atoms with Crippen LogP contribution in [0.5, 0.6) is 0 Å². The summed E-state index contributed by atoms with van der Waals surface area (Å²) in [5.41, 5.74) is 5.75. The Balaban J connectivity index is 2.19. The minimum atomic E-state index is -0.458. The molecule has 0 heterocycles. The van der Waals surface area contributed by atoms with Gasteiger partial charge < -0.3 is 15.2 Å². The standard InChI is InChI=1S/C14H27NO3/c1-14(2,3)18-10-9-17-13(16)12(15)11-7-5-4-6-8-11/h11-12H,4-10,15H2,1-3H3. The van der Waals surface area contributed by atoms with Crippen molar-refractivity contribution in [3.05, 3.63) is 0 Å². The van der Waals surface area contributed by atoms with Crippen molar-refractivity contribution in [2.75, 3.05) is 13.2 Å². The number of esters is 1. The van der Waals surface area contributed by atoms with Crippen LogP contribution in [0.25, 0.3) is 0 Å². The SMILES string of the molecule is CC(C)(C)OCCOC(=O)C(N)C1CCCCC1. The third-order valence-electron chi connectivity index (χ3n) is 3.29. The first-order valence-corrected chi connectivity index (χ1v) is 6.96. The van der Waals surface area contributed by atoms with Gasteiger partial charge in [-0.2, -0.15) is 0 Å². The van der Waals surface area contributed by atoms with Crippen LogP contribution in [0.3, 0.4) is 0 Å². The van der Waals surface area contributed by atoms with E-state index in [0.717, 1.165) is 12.8 Å². The van der Waals surface area contributed by atoms with Gasteiger partial charge in [-0.05, 0) is 39.5 Å². The summed E-state index contributed by atoms with van der Waals surface area (Å²) < 4.78 is 10.7. The average molecular weight is 257 g/mol. The lowest BCUT2D eigenvalue weighted by molar-refractivity contribution is -0.150. The van der Waals surface area contributed by atoms with Crippen LogP contribution >= 0.6 is 0 Å². The third-order valence-corrected chi connectivity index (χ3v) is 3.29. The van der Waals surface area contributed by atoms with Crippen molar-refractivity contribution >= 4 is 5.97 Å². The zero-order chi connectivity index (χ0) is 13.6. The van der Waals surface area contributed by atoms with Gasteiger partial charge in [0, 0.05) is 0 Å². The summed E-state index contributed by atoms with van der Waals surface area (Å²) in [6.45, 7) is 6.64. The maximum Gasteiger partial charge on any atom is 0.323 e. The van der Waals surface area contributed by atoms with Gasteiger partial charge in [-0.3, -0.25) is 4.79 Å². The number of carbonyl (C=O) groups excluding carboxylic acids is 1. The minimum Gasteiger partial charge on any atom is -0.462 e. The van der Waals surface area contributed by atoms with Gasteiger partial charge in [-0.25, -0.2) is 0 Å². The molecule has 0 saturated heterocycles. The molecule has 0 amide bonds. The molecular weight excluding hydrogens is 230 g/mol. The smallest absolute Gasteiger partial charge is 0.323 e. The van der Waals surface area contributed by atoms with Gasteiger partial charge in [-0.1, -0.05) is 19.3 Å². The Morgan fingerprint density at radius 3 is 2.39 bits per heavy atom. The van der Waals surface area contributed by atoms with Crippen molar-refractivity contribution in [2.45, 2.75) is 64.5 Å². The number of carbonyl (C=O) groups is 1. The van der Waals surface area contributed by atoms with Crippen molar-refractivity contribution in [3.8, 4) is 0 Å². The predicted molar refractivity (Wildman–Crippen MR) is 71.2 cm³/mol. The predicted octanol–water partition coefficient (Wildman–Crippen LogP) is 2.25. The second-order valence-corrected chi connectivity index (χ2v) is 6.05. The van der Waals surface area contributed by atoms with Gasteiger partial charge in [-0.15, -0.1) is 0 Å². The summed E-state index contributed by atoms with van der Waals surface area (Å²) in [5.74, 6) is 0.0224. The lowest BCUT2D eigenvalue weighted by Gasteiger charge is -2.26. The first-order chi connectivity index (χ1) is 8.40. The highest BCUT2D eigenvalue weighted by Gasteiger charge is 2.27. The second kappa shape index (κ2) is 7.10. The van der Waals surface area contributed by atoms with Crippen molar-refractivity contribution in [1.82, 2.24) is 0 Å². The van der Waals surface area contributed by atoms with Crippen molar-refractivity contribution in [1.29, 1.82) is 0 Å². The van der Waals surface area contributed by atoms with E-state index in [0.29, 0.717) is 12.5 Å². The fourth-order valence-corrected chi connectivity index (χ4v) is 2.27. The zero-order valence-electron chi connectivity index (χ0n) is 11.9. The molecule has 1 unspecified atom stereocenters. The van der Waals surface area contributed by atoms with Crippen LogP contribution in [-0.4, -0.2) is 30.8 Å². The van der Waals surface area contributed by atoms with Gasteiger partial charge in [0.25, 0.3) is 0 Å².